The second-order valence-electron chi connectivity index (χ2n) is 8.97. The van der Waals surface area contributed by atoms with Gasteiger partial charge in [0.15, 0.2) is 0 Å². The van der Waals surface area contributed by atoms with Gasteiger partial charge in [-0.3, -0.25) is 9.59 Å². The number of hydrogen-bond donors (Lipinski definition) is 2. The van der Waals surface area contributed by atoms with Crippen molar-refractivity contribution in [3.63, 3.8) is 0 Å². The number of carbonyl (C=O) groups is 2. The second kappa shape index (κ2) is 6.06. The van der Waals surface area contributed by atoms with Crippen molar-refractivity contribution in [2.75, 3.05) is 14.1 Å². The van der Waals surface area contributed by atoms with Crippen molar-refractivity contribution in [1.29, 1.82) is 0 Å². The third-order valence-corrected chi connectivity index (χ3v) is 7.85. The number of carboxylic acids is 1. The van der Waals surface area contributed by atoms with E-state index < -0.39 is 17.8 Å². The van der Waals surface area contributed by atoms with Crippen LogP contribution in [0, 0.1) is 35.5 Å². The number of nitrogens with zero attached hydrogens (tertiary/aromatic N) is 2. The van der Waals surface area contributed by atoms with E-state index in [-0.39, 0.29) is 35.2 Å². The predicted molar refractivity (Wildman–Crippen MR) is 97.7 cm³/mol. The summed E-state index contributed by atoms with van der Waals surface area (Å²) in [6.45, 7) is 4.23. The van der Waals surface area contributed by atoms with Crippen molar-refractivity contribution in [1.82, 2.24) is 15.4 Å². The van der Waals surface area contributed by atoms with Gasteiger partial charge in [-0.05, 0) is 65.0 Å². The summed E-state index contributed by atoms with van der Waals surface area (Å²) in [4.78, 5) is 27.7. The molecule has 7 heteroatoms. The van der Waals surface area contributed by atoms with Crippen molar-refractivity contribution in [3.8, 4) is 0 Å². The molecule has 1 heterocycles. The normalized spacial score (nSPS) is 34.2. The van der Waals surface area contributed by atoms with Gasteiger partial charge in [-0.15, -0.1) is 0 Å². The first-order valence-corrected chi connectivity index (χ1v) is 9.84. The number of rotatable bonds is 6. The molecule has 0 aromatic carbocycles. The number of amides is 1. The lowest BCUT2D eigenvalue weighted by atomic mass is 9.63. The molecule has 5 atom stereocenters. The number of nitrogens with one attached hydrogen (secondary N) is 1. The third kappa shape index (κ3) is 2.40. The Labute approximate surface area is 159 Å². The molecule has 1 spiro atoms. The zero-order chi connectivity index (χ0) is 19.6. The monoisotopic (exact) mass is 375 g/mol. The standard InChI is InChI=1S/C20H29N3O4/c1-11-9-13(22-27-11)10-21-17(24)16-15(18(25)26)14-5-6-20(16,12(2)23(3)4)19(14)7-8-19/h9,12,14-16H,5-8,10H2,1-4H3,(H,21,24)(H,25,26)/t12?,14-,15-,16+,20+/m1/s1. The molecule has 3 aliphatic carbocycles. The van der Waals surface area contributed by atoms with E-state index in [2.05, 4.69) is 22.3 Å². The fourth-order valence-electron chi connectivity index (χ4n) is 6.62. The number of carboxylic acid groups (broad SMARTS) is 1. The molecule has 1 aromatic rings. The first-order chi connectivity index (χ1) is 12.7. The van der Waals surface area contributed by atoms with Gasteiger partial charge >= 0.3 is 5.97 Å². The third-order valence-electron chi connectivity index (χ3n) is 7.85. The topological polar surface area (TPSA) is 95.7 Å². The maximum absolute atomic E-state index is 13.3. The van der Waals surface area contributed by atoms with Crippen LogP contribution in [-0.2, 0) is 16.1 Å². The fraction of sp³-hybridized carbons (Fsp3) is 0.750. The summed E-state index contributed by atoms with van der Waals surface area (Å²) >= 11 is 0. The Morgan fingerprint density at radius 3 is 2.63 bits per heavy atom. The molecule has 1 unspecified atom stereocenters. The molecule has 3 aliphatic rings. The number of carbonyl (C=O) groups excluding carboxylic acids is 1. The van der Waals surface area contributed by atoms with Gasteiger partial charge < -0.3 is 19.8 Å². The van der Waals surface area contributed by atoms with Crippen LogP contribution >= 0.6 is 0 Å². The van der Waals surface area contributed by atoms with E-state index in [9.17, 15) is 14.7 Å². The Morgan fingerprint density at radius 1 is 1.41 bits per heavy atom. The minimum Gasteiger partial charge on any atom is -0.481 e. The van der Waals surface area contributed by atoms with Crippen LogP contribution in [0.2, 0.25) is 0 Å². The molecule has 1 aromatic heterocycles. The van der Waals surface area contributed by atoms with Gasteiger partial charge in [0.25, 0.3) is 0 Å². The Kier molecular flexibility index (Phi) is 4.14. The Bertz CT molecular complexity index is 769. The number of aliphatic carboxylic acids is 1. The van der Waals surface area contributed by atoms with E-state index in [1.165, 1.54) is 0 Å². The zero-order valence-electron chi connectivity index (χ0n) is 16.5. The molecule has 2 N–H and O–H groups in total. The average Bonchev–Trinajstić information content (AvgIpc) is 3.15. The molecule has 148 valence electrons. The zero-order valence-corrected chi connectivity index (χ0v) is 16.5. The molecule has 0 aliphatic heterocycles. The molecular weight excluding hydrogens is 346 g/mol. The predicted octanol–water partition coefficient (Wildman–Crippen LogP) is 2.06. The molecule has 27 heavy (non-hydrogen) atoms. The summed E-state index contributed by atoms with van der Waals surface area (Å²) in [5.41, 5.74) is 0.409. The van der Waals surface area contributed by atoms with E-state index >= 15 is 0 Å². The van der Waals surface area contributed by atoms with Crippen molar-refractivity contribution in [2.45, 2.75) is 52.1 Å². The molecule has 4 rings (SSSR count). The summed E-state index contributed by atoms with van der Waals surface area (Å²) in [6.07, 6.45) is 3.95. The van der Waals surface area contributed by atoms with E-state index in [1.54, 1.807) is 13.0 Å². The van der Waals surface area contributed by atoms with Gasteiger partial charge in [0.2, 0.25) is 5.91 Å². The number of aromatic nitrogens is 1. The van der Waals surface area contributed by atoms with Gasteiger partial charge in [-0.2, -0.15) is 0 Å². The van der Waals surface area contributed by atoms with E-state index in [0.29, 0.717) is 11.5 Å². The largest absolute Gasteiger partial charge is 0.481 e. The lowest BCUT2D eigenvalue weighted by Gasteiger charge is -2.46. The van der Waals surface area contributed by atoms with E-state index in [4.69, 9.17) is 4.52 Å². The molecule has 2 bridgehead atoms. The summed E-state index contributed by atoms with van der Waals surface area (Å²) in [5, 5.41) is 16.9. The molecular formula is C20H29N3O4. The maximum Gasteiger partial charge on any atom is 0.307 e. The van der Waals surface area contributed by atoms with Gasteiger partial charge in [0.05, 0.1) is 18.4 Å². The maximum atomic E-state index is 13.3. The average molecular weight is 375 g/mol. The first-order valence-electron chi connectivity index (χ1n) is 9.84. The molecule has 3 fully saturated rings. The minimum absolute atomic E-state index is 0.0201. The summed E-state index contributed by atoms with van der Waals surface area (Å²) in [6, 6.07) is 1.94. The van der Waals surface area contributed by atoms with Crippen molar-refractivity contribution >= 4 is 11.9 Å². The Hall–Kier alpha value is -1.89. The molecule has 1 amide bonds. The van der Waals surface area contributed by atoms with E-state index in [1.807, 2.05) is 14.1 Å². The highest BCUT2D eigenvalue weighted by atomic mass is 16.5. The van der Waals surface area contributed by atoms with Crippen LogP contribution in [-0.4, -0.2) is 47.2 Å². The Balaban J connectivity index is 1.67. The van der Waals surface area contributed by atoms with Crippen LogP contribution in [0.5, 0.6) is 0 Å². The smallest absolute Gasteiger partial charge is 0.307 e. The summed E-state index contributed by atoms with van der Waals surface area (Å²) in [7, 11) is 4.06. The van der Waals surface area contributed by atoms with Crippen LogP contribution in [0.4, 0.5) is 0 Å². The highest BCUT2D eigenvalue weighted by Crippen LogP contribution is 2.81. The van der Waals surface area contributed by atoms with Crippen LogP contribution in [0.15, 0.2) is 10.6 Å². The minimum atomic E-state index is -0.823. The van der Waals surface area contributed by atoms with Gasteiger partial charge in [-0.25, -0.2) is 0 Å². The van der Waals surface area contributed by atoms with Crippen LogP contribution in [0.25, 0.3) is 0 Å². The van der Waals surface area contributed by atoms with Crippen molar-refractivity contribution < 1.29 is 19.2 Å². The van der Waals surface area contributed by atoms with Crippen molar-refractivity contribution in [3.05, 3.63) is 17.5 Å². The number of aryl methyl sites for hydroxylation is 1. The first kappa shape index (κ1) is 18.5. The van der Waals surface area contributed by atoms with Crippen LogP contribution < -0.4 is 5.32 Å². The highest BCUT2D eigenvalue weighted by molar-refractivity contribution is 5.87. The lowest BCUT2D eigenvalue weighted by molar-refractivity contribution is -0.152. The fourth-order valence-corrected chi connectivity index (χ4v) is 6.62. The molecule has 3 saturated carbocycles. The quantitative estimate of drug-likeness (QED) is 0.790. The molecule has 0 radical (unpaired) electrons. The lowest BCUT2D eigenvalue weighted by Crippen LogP contribution is -2.54. The van der Waals surface area contributed by atoms with Gasteiger partial charge in [0, 0.05) is 17.5 Å². The van der Waals surface area contributed by atoms with Gasteiger partial charge in [-0.1, -0.05) is 5.16 Å². The Morgan fingerprint density at radius 2 is 2.11 bits per heavy atom. The number of hydrogen-bond acceptors (Lipinski definition) is 5. The van der Waals surface area contributed by atoms with E-state index in [0.717, 1.165) is 25.7 Å². The van der Waals surface area contributed by atoms with Crippen LogP contribution in [0.1, 0.15) is 44.1 Å². The molecule has 7 nitrogen and oxygen atoms in total. The summed E-state index contributed by atoms with van der Waals surface area (Å²) in [5.74, 6) is -1.26. The van der Waals surface area contributed by atoms with Crippen LogP contribution in [0.3, 0.4) is 0 Å². The second-order valence-corrected chi connectivity index (χ2v) is 8.97. The van der Waals surface area contributed by atoms with Crippen molar-refractivity contribution in [2.24, 2.45) is 28.6 Å². The summed E-state index contributed by atoms with van der Waals surface area (Å²) < 4.78 is 5.06. The SMILES string of the molecule is Cc1cc(CNC(=O)[C@@H]2[C@H](C(=O)O)[C@H]3CC[C@@]2(C(C)N(C)C)C32CC2)no1. The molecule has 0 saturated heterocycles. The highest BCUT2D eigenvalue weighted by Gasteiger charge is 2.80. The van der Waals surface area contributed by atoms with Gasteiger partial charge in [0.1, 0.15) is 11.5 Å².